The van der Waals surface area contributed by atoms with Gasteiger partial charge in [-0.1, -0.05) is 30.3 Å². The molecule has 0 atom stereocenters. The highest BCUT2D eigenvalue weighted by Gasteiger charge is 2.20. The molecular weight excluding hydrogens is 352 g/mol. The van der Waals surface area contributed by atoms with Gasteiger partial charge in [0.2, 0.25) is 0 Å². The van der Waals surface area contributed by atoms with E-state index in [0.29, 0.717) is 6.54 Å². The molecule has 28 heavy (non-hydrogen) atoms. The molecule has 1 fully saturated rings. The summed E-state index contributed by atoms with van der Waals surface area (Å²) >= 11 is 0. The minimum Gasteiger partial charge on any atom is -0.493 e. The summed E-state index contributed by atoms with van der Waals surface area (Å²) in [6, 6.07) is 16.5. The normalized spacial score (nSPS) is 14.8. The summed E-state index contributed by atoms with van der Waals surface area (Å²) in [6.45, 7) is 7.33. The fourth-order valence-corrected chi connectivity index (χ4v) is 3.48. The van der Waals surface area contributed by atoms with Crippen molar-refractivity contribution < 1.29 is 9.47 Å². The van der Waals surface area contributed by atoms with Crippen molar-refractivity contribution in [2.45, 2.75) is 13.5 Å². The van der Waals surface area contributed by atoms with Gasteiger partial charge in [0.1, 0.15) is 0 Å². The van der Waals surface area contributed by atoms with Crippen LogP contribution in [0.5, 0.6) is 11.5 Å². The number of hydrogen-bond acceptors (Lipinski definition) is 4. The summed E-state index contributed by atoms with van der Waals surface area (Å²) in [4.78, 5) is 9.62. The van der Waals surface area contributed by atoms with Gasteiger partial charge in [0.25, 0.3) is 0 Å². The van der Waals surface area contributed by atoms with Gasteiger partial charge in [-0.25, -0.2) is 4.99 Å². The third-order valence-corrected chi connectivity index (χ3v) is 4.92. The Morgan fingerprint density at radius 1 is 0.964 bits per heavy atom. The van der Waals surface area contributed by atoms with Crippen LogP contribution in [0.1, 0.15) is 12.5 Å². The van der Waals surface area contributed by atoms with Crippen LogP contribution in [-0.2, 0) is 6.54 Å². The summed E-state index contributed by atoms with van der Waals surface area (Å²) < 4.78 is 10.9. The molecule has 1 aliphatic rings. The lowest BCUT2D eigenvalue weighted by Crippen LogP contribution is -2.52. The van der Waals surface area contributed by atoms with E-state index >= 15 is 0 Å². The van der Waals surface area contributed by atoms with Crippen LogP contribution in [0.4, 0.5) is 5.69 Å². The second kappa shape index (κ2) is 9.88. The zero-order valence-electron chi connectivity index (χ0n) is 17.0. The van der Waals surface area contributed by atoms with Gasteiger partial charge in [0, 0.05) is 44.0 Å². The van der Waals surface area contributed by atoms with E-state index in [0.717, 1.165) is 55.7 Å². The Morgan fingerprint density at radius 2 is 1.71 bits per heavy atom. The first-order valence-electron chi connectivity index (χ1n) is 9.80. The van der Waals surface area contributed by atoms with E-state index in [9.17, 15) is 0 Å². The SMILES string of the molecule is CCNC(=NCc1cccc(OC)c1OC)N1CCN(c2ccccc2)CC1. The van der Waals surface area contributed by atoms with Crippen LogP contribution in [-0.4, -0.2) is 57.8 Å². The summed E-state index contributed by atoms with van der Waals surface area (Å²) in [6.07, 6.45) is 0. The highest BCUT2D eigenvalue weighted by Crippen LogP contribution is 2.31. The smallest absolute Gasteiger partial charge is 0.194 e. The van der Waals surface area contributed by atoms with Gasteiger partial charge in [-0.3, -0.25) is 0 Å². The van der Waals surface area contributed by atoms with Crippen molar-refractivity contribution in [1.82, 2.24) is 10.2 Å². The predicted molar refractivity (Wildman–Crippen MR) is 115 cm³/mol. The summed E-state index contributed by atoms with van der Waals surface area (Å²) in [5.41, 5.74) is 2.30. The molecule has 2 aromatic rings. The average Bonchev–Trinajstić information content (AvgIpc) is 2.77. The van der Waals surface area contributed by atoms with Gasteiger partial charge in [-0.2, -0.15) is 0 Å². The largest absolute Gasteiger partial charge is 0.493 e. The van der Waals surface area contributed by atoms with E-state index in [1.165, 1.54) is 5.69 Å². The number of para-hydroxylation sites is 2. The fourth-order valence-electron chi connectivity index (χ4n) is 3.48. The van der Waals surface area contributed by atoms with Crippen LogP contribution in [0.15, 0.2) is 53.5 Å². The number of anilines is 1. The van der Waals surface area contributed by atoms with Gasteiger partial charge in [0.05, 0.1) is 20.8 Å². The number of piperazine rings is 1. The average molecular weight is 383 g/mol. The van der Waals surface area contributed by atoms with Crippen LogP contribution < -0.4 is 19.7 Å². The van der Waals surface area contributed by atoms with E-state index in [2.05, 4.69) is 52.4 Å². The molecule has 2 aromatic carbocycles. The number of nitrogens with one attached hydrogen (secondary N) is 1. The van der Waals surface area contributed by atoms with E-state index in [-0.39, 0.29) is 0 Å². The summed E-state index contributed by atoms with van der Waals surface area (Å²) in [7, 11) is 3.32. The minimum absolute atomic E-state index is 0.543. The maximum atomic E-state index is 5.53. The number of rotatable bonds is 6. The van der Waals surface area contributed by atoms with E-state index in [4.69, 9.17) is 14.5 Å². The number of ether oxygens (including phenoxy) is 2. The van der Waals surface area contributed by atoms with Crippen molar-refractivity contribution in [3.63, 3.8) is 0 Å². The molecule has 3 rings (SSSR count). The second-order valence-electron chi connectivity index (χ2n) is 6.63. The van der Waals surface area contributed by atoms with Crippen LogP contribution >= 0.6 is 0 Å². The minimum atomic E-state index is 0.543. The van der Waals surface area contributed by atoms with Crippen LogP contribution in [0, 0.1) is 0 Å². The van der Waals surface area contributed by atoms with Crippen LogP contribution in [0.2, 0.25) is 0 Å². The highest BCUT2D eigenvalue weighted by molar-refractivity contribution is 5.80. The molecule has 1 heterocycles. The lowest BCUT2D eigenvalue weighted by molar-refractivity contribution is 0.351. The predicted octanol–water partition coefficient (Wildman–Crippen LogP) is 2.99. The highest BCUT2D eigenvalue weighted by atomic mass is 16.5. The lowest BCUT2D eigenvalue weighted by atomic mass is 10.2. The molecule has 0 unspecified atom stereocenters. The zero-order chi connectivity index (χ0) is 19.8. The molecule has 1 N–H and O–H groups in total. The molecule has 0 aromatic heterocycles. The fraction of sp³-hybridized carbons (Fsp3) is 0.409. The molecule has 0 radical (unpaired) electrons. The van der Waals surface area contributed by atoms with Gasteiger partial charge in [0.15, 0.2) is 17.5 Å². The van der Waals surface area contributed by atoms with Crippen molar-refractivity contribution >= 4 is 11.6 Å². The monoisotopic (exact) mass is 382 g/mol. The maximum Gasteiger partial charge on any atom is 0.194 e. The Labute approximate surface area is 167 Å². The first-order chi connectivity index (χ1) is 13.8. The van der Waals surface area contributed by atoms with Gasteiger partial charge in [-0.15, -0.1) is 0 Å². The molecule has 0 saturated carbocycles. The Balaban J connectivity index is 1.69. The quantitative estimate of drug-likeness (QED) is 0.615. The number of guanidine groups is 1. The van der Waals surface area contributed by atoms with Crippen molar-refractivity contribution in [3.05, 3.63) is 54.1 Å². The van der Waals surface area contributed by atoms with E-state index < -0.39 is 0 Å². The van der Waals surface area contributed by atoms with E-state index in [1.54, 1.807) is 14.2 Å². The van der Waals surface area contributed by atoms with Crippen LogP contribution in [0.25, 0.3) is 0 Å². The molecule has 6 nitrogen and oxygen atoms in total. The van der Waals surface area contributed by atoms with Crippen LogP contribution in [0.3, 0.4) is 0 Å². The summed E-state index contributed by atoms with van der Waals surface area (Å²) in [5.74, 6) is 2.43. The Morgan fingerprint density at radius 3 is 2.36 bits per heavy atom. The van der Waals surface area contributed by atoms with Crippen molar-refractivity contribution in [3.8, 4) is 11.5 Å². The standard InChI is InChI=1S/C22H30N4O2/c1-4-23-22(24-17-18-9-8-12-20(27-2)21(18)28-3)26-15-13-25(14-16-26)19-10-6-5-7-11-19/h5-12H,4,13-17H2,1-3H3,(H,23,24). The molecule has 6 heteroatoms. The molecule has 0 amide bonds. The summed E-state index contributed by atoms with van der Waals surface area (Å²) in [5, 5.41) is 3.43. The van der Waals surface area contributed by atoms with Crippen molar-refractivity contribution in [2.24, 2.45) is 4.99 Å². The number of benzene rings is 2. The number of methoxy groups -OCH3 is 2. The molecule has 0 spiro atoms. The molecule has 0 aliphatic carbocycles. The Kier molecular flexibility index (Phi) is 7.00. The first-order valence-corrected chi connectivity index (χ1v) is 9.80. The van der Waals surface area contributed by atoms with Gasteiger partial charge >= 0.3 is 0 Å². The molecule has 150 valence electrons. The Bertz CT molecular complexity index is 771. The second-order valence-corrected chi connectivity index (χ2v) is 6.63. The number of hydrogen-bond donors (Lipinski definition) is 1. The number of aliphatic imine (C=N–C) groups is 1. The molecule has 1 aliphatic heterocycles. The topological polar surface area (TPSA) is 49.3 Å². The van der Waals surface area contributed by atoms with Gasteiger partial charge in [-0.05, 0) is 25.1 Å². The third kappa shape index (κ3) is 4.68. The zero-order valence-corrected chi connectivity index (χ0v) is 17.0. The lowest BCUT2D eigenvalue weighted by Gasteiger charge is -2.37. The molecule has 1 saturated heterocycles. The number of nitrogens with zero attached hydrogens (tertiary/aromatic N) is 3. The third-order valence-electron chi connectivity index (χ3n) is 4.92. The molecule has 0 bridgehead atoms. The Hall–Kier alpha value is -2.89. The van der Waals surface area contributed by atoms with Crippen molar-refractivity contribution in [1.29, 1.82) is 0 Å². The maximum absolute atomic E-state index is 5.53. The van der Waals surface area contributed by atoms with E-state index in [1.807, 2.05) is 18.2 Å². The van der Waals surface area contributed by atoms with Crippen molar-refractivity contribution in [2.75, 3.05) is 51.8 Å². The molecular formula is C22H30N4O2. The first kappa shape index (κ1) is 19.9. The van der Waals surface area contributed by atoms with Gasteiger partial charge < -0.3 is 24.6 Å².